The molecule has 0 spiro atoms. The van der Waals surface area contributed by atoms with E-state index in [0.29, 0.717) is 23.5 Å². The van der Waals surface area contributed by atoms with Crippen LogP contribution in [0.25, 0.3) is 0 Å². The second kappa shape index (κ2) is 10.4. The Bertz CT molecular complexity index is 1050. The van der Waals surface area contributed by atoms with Gasteiger partial charge in [0.1, 0.15) is 6.04 Å². The number of hydrogen-bond acceptors (Lipinski definition) is 4. The molecule has 0 saturated heterocycles. The lowest BCUT2D eigenvalue weighted by Gasteiger charge is -2.30. The Balaban J connectivity index is 2.32. The number of para-hydroxylation sites is 1. The van der Waals surface area contributed by atoms with Crippen molar-refractivity contribution in [1.29, 1.82) is 0 Å². The summed E-state index contributed by atoms with van der Waals surface area (Å²) in [6, 6.07) is 11.1. The molecule has 31 heavy (non-hydrogen) atoms. The van der Waals surface area contributed by atoms with Crippen molar-refractivity contribution in [3.05, 3.63) is 59.2 Å². The topological polar surface area (TPSA) is 95.6 Å². The average Bonchev–Trinajstić information content (AvgIpc) is 2.70. The van der Waals surface area contributed by atoms with E-state index < -0.39 is 22.0 Å². The molecule has 0 saturated carbocycles. The Morgan fingerprint density at radius 1 is 1.10 bits per heavy atom. The summed E-state index contributed by atoms with van der Waals surface area (Å²) in [5.41, 5.74) is 2.75. The number of aryl methyl sites for hydroxylation is 2. The predicted octanol–water partition coefficient (Wildman–Crippen LogP) is 3.63. The van der Waals surface area contributed by atoms with Gasteiger partial charge in [0, 0.05) is 6.54 Å². The zero-order chi connectivity index (χ0) is 23.2. The van der Waals surface area contributed by atoms with Crippen molar-refractivity contribution in [2.45, 2.75) is 46.6 Å². The van der Waals surface area contributed by atoms with Crippen LogP contribution in [-0.4, -0.2) is 39.1 Å². The quantitative estimate of drug-likeness (QED) is 0.576. The van der Waals surface area contributed by atoms with Crippen molar-refractivity contribution in [2.75, 3.05) is 22.4 Å². The molecule has 0 unspecified atom stereocenters. The van der Waals surface area contributed by atoms with Crippen molar-refractivity contribution < 1.29 is 18.0 Å². The lowest BCUT2D eigenvalue weighted by atomic mass is 10.1. The Labute approximate surface area is 184 Å². The number of benzene rings is 2. The van der Waals surface area contributed by atoms with Gasteiger partial charge in [0.2, 0.25) is 15.9 Å². The van der Waals surface area contributed by atoms with Crippen LogP contribution in [-0.2, 0) is 14.8 Å². The Kier molecular flexibility index (Phi) is 8.21. The van der Waals surface area contributed by atoms with Gasteiger partial charge in [-0.1, -0.05) is 37.6 Å². The van der Waals surface area contributed by atoms with E-state index in [1.807, 2.05) is 26.0 Å². The minimum Gasteiger partial charge on any atom is -0.352 e. The van der Waals surface area contributed by atoms with E-state index in [1.54, 1.807) is 37.3 Å². The third-order valence-corrected chi connectivity index (χ3v) is 6.16. The second-order valence-electron chi connectivity index (χ2n) is 7.67. The molecule has 2 aromatic rings. The van der Waals surface area contributed by atoms with Crippen LogP contribution in [0.4, 0.5) is 11.4 Å². The highest BCUT2D eigenvalue weighted by Crippen LogP contribution is 2.27. The molecule has 1 atom stereocenters. The summed E-state index contributed by atoms with van der Waals surface area (Å²) in [7, 11) is -3.74. The lowest BCUT2D eigenvalue weighted by Crippen LogP contribution is -2.46. The van der Waals surface area contributed by atoms with Crippen LogP contribution in [0.15, 0.2) is 42.5 Å². The van der Waals surface area contributed by atoms with Crippen LogP contribution in [0.2, 0.25) is 0 Å². The van der Waals surface area contributed by atoms with Crippen LogP contribution in [0.5, 0.6) is 0 Å². The van der Waals surface area contributed by atoms with Crippen LogP contribution >= 0.6 is 0 Å². The number of nitrogens with zero attached hydrogens (tertiary/aromatic N) is 1. The van der Waals surface area contributed by atoms with Crippen LogP contribution in [0, 0.1) is 13.8 Å². The SMILES string of the molecule is CCCCNC(=O)c1ccccc1NC(=O)[C@H](C)N(c1cc(C)ccc1C)S(C)(=O)=O. The van der Waals surface area contributed by atoms with Crippen molar-refractivity contribution >= 4 is 33.2 Å². The number of rotatable bonds is 9. The summed E-state index contributed by atoms with van der Waals surface area (Å²) in [6.45, 7) is 7.77. The van der Waals surface area contributed by atoms with Crippen molar-refractivity contribution in [1.82, 2.24) is 5.32 Å². The van der Waals surface area contributed by atoms with Gasteiger partial charge in [-0.3, -0.25) is 13.9 Å². The molecule has 0 aliphatic rings. The van der Waals surface area contributed by atoms with E-state index in [-0.39, 0.29) is 5.91 Å². The number of anilines is 2. The largest absolute Gasteiger partial charge is 0.352 e. The third kappa shape index (κ3) is 6.30. The van der Waals surface area contributed by atoms with E-state index in [9.17, 15) is 18.0 Å². The number of sulfonamides is 1. The molecule has 2 N–H and O–H groups in total. The first kappa shape index (κ1) is 24.4. The van der Waals surface area contributed by atoms with Gasteiger partial charge in [-0.15, -0.1) is 0 Å². The molecule has 0 bridgehead atoms. The molecule has 0 aromatic heterocycles. The number of nitrogens with one attached hydrogen (secondary N) is 2. The molecule has 7 nitrogen and oxygen atoms in total. The van der Waals surface area contributed by atoms with E-state index in [0.717, 1.165) is 34.5 Å². The molecule has 0 aliphatic carbocycles. The standard InChI is InChI=1S/C23H31N3O4S/c1-6-7-14-24-23(28)19-10-8-9-11-20(19)25-22(27)18(4)26(31(5,29)30)21-15-16(2)12-13-17(21)3/h8-13,15,18H,6-7,14H2,1-5H3,(H,24,28)(H,25,27)/t18-/m0/s1. The second-order valence-corrected chi connectivity index (χ2v) is 9.53. The highest BCUT2D eigenvalue weighted by molar-refractivity contribution is 7.92. The van der Waals surface area contributed by atoms with Crippen LogP contribution in [0.1, 0.15) is 48.2 Å². The number of unbranched alkanes of at least 4 members (excludes halogenated alkanes) is 1. The highest BCUT2D eigenvalue weighted by atomic mass is 32.2. The normalized spacial score (nSPS) is 12.2. The van der Waals surface area contributed by atoms with Gasteiger partial charge in [-0.05, 0) is 56.5 Å². The highest BCUT2D eigenvalue weighted by Gasteiger charge is 2.30. The van der Waals surface area contributed by atoms with Gasteiger partial charge in [0.05, 0.1) is 23.2 Å². The van der Waals surface area contributed by atoms with Crippen LogP contribution < -0.4 is 14.9 Å². The minimum absolute atomic E-state index is 0.286. The Morgan fingerprint density at radius 3 is 2.42 bits per heavy atom. The summed E-state index contributed by atoms with van der Waals surface area (Å²) in [5, 5.41) is 5.56. The minimum atomic E-state index is -3.74. The van der Waals surface area contributed by atoms with Gasteiger partial charge in [0.25, 0.3) is 5.91 Å². The maximum atomic E-state index is 13.1. The average molecular weight is 446 g/mol. The predicted molar refractivity (Wildman–Crippen MR) is 125 cm³/mol. The number of amides is 2. The summed E-state index contributed by atoms with van der Waals surface area (Å²) in [4.78, 5) is 25.6. The van der Waals surface area contributed by atoms with Gasteiger partial charge >= 0.3 is 0 Å². The summed E-state index contributed by atoms with van der Waals surface area (Å²) in [5.74, 6) is -0.813. The molecular formula is C23H31N3O4S. The van der Waals surface area contributed by atoms with E-state index in [4.69, 9.17) is 0 Å². The molecular weight excluding hydrogens is 414 g/mol. The molecule has 0 aliphatic heterocycles. The number of carbonyl (C=O) groups is 2. The van der Waals surface area contributed by atoms with Gasteiger partial charge in [-0.2, -0.15) is 0 Å². The first-order chi connectivity index (χ1) is 14.6. The third-order valence-electron chi connectivity index (χ3n) is 4.94. The first-order valence-electron chi connectivity index (χ1n) is 10.3. The van der Waals surface area contributed by atoms with Gasteiger partial charge < -0.3 is 10.6 Å². The fourth-order valence-electron chi connectivity index (χ4n) is 3.24. The van der Waals surface area contributed by atoms with E-state index in [1.165, 1.54) is 6.92 Å². The summed E-state index contributed by atoms with van der Waals surface area (Å²) >= 11 is 0. The molecule has 2 amide bonds. The zero-order valence-corrected chi connectivity index (χ0v) is 19.5. The number of carbonyl (C=O) groups excluding carboxylic acids is 2. The molecule has 0 fully saturated rings. The monoisotopic (exact) mass is 445 g/mol. The summed E-state index contributed by atoms with van der Waals surface area (Å²) < 4.78 is 26.3. The Hall–Kier alpha value is -2.87. The fourth-order valence-corrected chi connectivity index (χ4v) is 4.46. The summed E-state index contributed by atoms with van der Waals surface area (Å²) in [6.07, 6.45) is 2.89. The fraction of sp³-hybridized carbons (Fsp3) is 0.391. The zero-order valence-electron chi connectivity index (χ0n) is 18.7. The number of hydrogen-bond donors (Lipinski definition) is 2. The smallest absolute Gasteiger partial charge is 0.253 e. The molecule has 168 valence electrons. The Morgan fingerprint density at radius 2 is 1.77 bits per heavy atom. The van der Waals surface area contributed by atoms with Gasteiger partial charge in [-0.25, -0.2) is 8.42 Å². The van der Waals surface area contributed by atoms with Crippen molar-refractivity contribution in [2.24, 2.45) is 0 Å². The molecule has 0 radical (unpaired) electrons. The molecule has 8 heteroatoms. The van der Waals surface area contributed by atoms with E-state index in [2.05, 4.69) is 10.6 Å². The van der Waals surface area contributed by atoms with E-state index >= 15 is 0 Å². The van der Waals surface area contributed by atoms with Gasteiger partial charge in [0.15, 0.2) is 0 Å². The van der Waals surface area contributed by atoms with Crippen LogP contribution in [0.3, 0.4) is 0 Å². The molecule has 2 aromatic carbocycles. The lowest BCUT2D eigenvalue weighted by molar-refractivity contribution is -0.116. The van der Waals surface area contributed by atoms with Crippen molar-refractivity contribution in [3.63, 3.8) is 0 Å². The first-order valence-corrected chi connectivity index (χ1v) is 12.2. The maximum Gasteiger partial charge on any atom is 0.253 e. The molecule has 0 heterocycles. The molecule has 2 rings (SSSR count). The van der Waals surface area contributed by atoms with Crippen molar-refractivity contribution in [3.8, 4) is 0 Å². The maximum absolute atomic E-state index is 13.1.